The molecule has 0 bridgehead atoms. The number of nitrogens with zero attached hydrogens (tertiary/aromatic N) is 6. The standard InChI is InChI=1S/C20H32N6O/c1-15(2)18(19-21-22-23-26(19)20(3,4)5)25-13-11-24(12-14-25)16-7-9-17(27-6)10-8-16/h7-10,15,18H,11-14H2,1-6H3/t18-/m0/s1. The van der Waals surface area contributed by atoms with E-state index in [4.69, 9.17) is 4.74 Å². The molecule has 2 heterocycles. The number of methoxy groups -OCH3 is 1. The van der Waals surface area contributed by atoms with Gasteiger partial charge in [0.1, 0.15) is 5.75 Å². The maximum Gasteiger partial charge on any atom is 0.169 e. The Balaban J connectivity index is 1.73. The third kappa shape index (κ3) is 4.24. The molecule has 148 valence electrons. The van der Waals surface area contributed by atoms with E-state index in [0.717, 1.165) is 37.8 Å². The number of piperazine rings is 1. The van der Waals surface area contributed by atoms with E-state index < -0.39 is 0 Å². The summed E-state index contributed by atoms with van der Waals surface area (Å²) in [5.74, 6) is 2.30. The zero-order valence-electron chi connectivity index (χ0n) is 17.4. The van der Waals surface area contributed by atoms with Gasteiger partial charge in [-0.1, -0.05) is 13.8 Å². The van der Waals surface area contributed by atoms with E-state index in [1.165, 1.54) is 5.69 Å². The second-order valence-corrected chi connectivity index (χ2v) is 8.53. The topological polar surface area (TPSA) is 59.3 Å². The Morgan fingerprint density at radius 3 is 2.15 bits per heavy atom. The summed E-state index contributed by atoms with van der Waals surface area (Å²) in [6, 6.07) is 8.53. The highest BCUT2D eigenvalue weighted by Gasteiger charge is 2.33. The van der Waals surface area contributed by atoms with Crippen molar-refractivity contribution in [2.45, 2.75) is 46.2 Å². The Hall–Kier alpha value is -2.15. The molecule has 1 aliphatic heterocycles. The molecule has 0 radical (unpaired) electrons. The van der Waals surface area contributed by atoms with Crippen LogP contribution in [0.4, 0.5) is 5.69 Å². The number of rotatable bonds is 5. The molecule has 1 saturated heterocycles. The van der Waals surface area contributed by atoms with Gasteiger partial charge in [-0.05, 0) is 61.4 Å². The fraction of sp³-hybridized carbons (Fsp3) is 0.650. The average molecular weight is 373 g/mol. The molecule has 2 aromatic rings. The van der Waals surface area contributed by atoms with Gasteiger partial charge >= 0.3 is 0 Å². The van der Waals surface area contributed by atoms with Gasteiger partial charge in [0.05, 0.1) is 18.7 Å². The number of anilines is 1. The van der Waals surface area contributed by atoms with E-state index in [2.05, 4.69) is 72.1 Å². The summed E-state index contributed by atoms with van der Waals surface area (Å²) in [6.45, 7) is 14.9. The van der Waals surface area contributed by atoms with Crippen LogP contribution in [0, 0.1) is 5.92 Å². The molecule has 1 aliphatic rings. The first-order valence-corrected chi connectivity index (χ1v) is 9.73. The van der Waals surface area contributed by atoms with Gasteiger partial charge in [0.25, 0.3) is 0 Å². The highest BCUT2D eigenvalue weighted by molar-refractivity contribution is 5.49. The van der Waals surface area contributed by atoms with Gasteiger partial charge < -0.3 is 9.64 Å². The van der Waals surface area contributed by atoms with E-state index in [-0.39, 0.29) is 11.6 Å². The summed E-state index contributed by atoms with van der Waals surface area (Å²) in [5, 5.41) is 12.7. The van der Waals surface area contributed by atoms with Crippen LogP contribution in [-0.4, -0.2) is 58.4 Å². The fourth-order valence-electron chi connectivity index (χ4n) is 3.79. The van der Waals surface area contributed by atoms with Gasteiger partial charge in [0.15, 0.2) is 5.82 Å². The smallest absolute Gasteiger partial charge is 0.169 e. The van der Waals surface area contributed by atoms with Crippen LogP contribution in [0.5, 0.6) is 5.75 Å². The van der Waals surface area contributed by atoms with Crippen molar-refractivity contribution in [2.75, 3.05) is 38.2 Å². The van der Waals surface area contributed by atoms with Crippen LogP contribution >= 0.6 is 0 Å². The molecule has 0 N–H and O–H groups in total. The Morgan fingerprint density at radius 2 is 1.63 bits per heavy atom. The van der Waals surface area contributed by atoms with Crippen LogP contribution in [0.1, 0.15) is 46.5 Å². The summed E-state index contributed by atoms with van der Waals surface area (Å²) in [4.78, 5) is 4.96. The predicted octanol–water partition coefficient (Wildman–Crippen LogP) is 2.96. The van der Waals surface area contributed by atoms with Crippen molar-refractivity contribution in [2.24, 2.45) is 5.92 Å². The molecule has 0 unspecified atom stereocenters. The molecule has 0 spiro atoms. The van der Waals surface area contributed by atoms with Gasteiger partial charge in [0, 0.05) is 31.9 Å². The minimum atomic E-state index is -0.128. The van der Waals surface area contributed by atoms with Crippen molar-refractivity contribution in [3.63, 3.8) is 0 Å². The fourth-order valence-corrected chi connectivity index (χ4v) is 3.79. The number of aromatic nitrogens is 4. The van der Waals surface area contributed by atoms with Crippen molar-refractivity contribution < 1.29 is 4.74 Å². The van der Waals surface area contributed by atoms with Crippen LogP contribution in [0.3, 0.4) is 0 Å². The Bertz CT molecular complexity index is 726. The molecule has 1 aromatic heterocycles. The zero-order chi connectivity index (χ0) is 19.6. The maximum absolute atomic E-state index is 5.26. The normalized spacial score (nSPS) is 17.4. The zero-order valence-corrected chi connectivity index (χ0v) is 17.4. The van der Waals surface area contributed by atoms with Crippen LogP contribution < -0.4 is 9.64 Å². The summed E-state index contributed by atoms with van der Waals surface area (Å²) in [7, 11) is 1.70. The van der Waals surface area contributed by atoms with Crippen molar-refractivity contribution in [3.8, 4) is 5.75 Å². The first-order chi connectivity index (χ1) is 12.8. The largest absolute Gasteiger partial charge is 0.497 e. The lowest BCUT2D eigenvalue weighted by Crippen LogP contribution is -2.49. The van der Waals surface area contributed by atoms with Gasteiger partial charge in [0.2, 0.25) is 0 Å². The molecule has 0 saturated carbocycles. The highest BCUT2D eigenvalue weighted by Crippen LogP contribution is 2.31. The molecule has 0 aliphatic carbocycles. The van der Waals surface area contributed by atoms with Crippen molar-refractivity contribution >= 4 is 5.69 Å². The minimum absolute atomic E-state index is 0.128. The van der Waals surface area contributed by atoms with E-state index in [1.54, 1.807) is 7.11 Å². The monoisotopic (exact) mass is 372 g/mol. The molecule has 1 aromatic carbocycles. The number of benzene rings is 1. The molecule has 7 heteroatoms. The van der Waals surface area contributed by atoms with Crippen molar-refractivity contribution in [1.82, 2.24) is 25.1 Å². The molecular formula is C20H32N6O. The second kappa shape index (κ2) is 7.84. The summed E-state index contributed by atoms with van der Waals surface area (Å²) in [5.41, 5.74) is 1.12. The number of hydrogen-bond acceptors (Lipinski definition) is 6. The lowest BCUT2D eigenvalue weighted by Gasteiger charge is -2.41. The van der Waals surface area contributed by atoms with E-state index in [1.807, 2.05) is 16.8 Å². The minimum Gasteiger partial charge on any atom is -0.497 e. The molecule has 0 amide bonds. The van der Waals surface area contributed by atoms with Gasteiger partial charge in [-0.2, -0.15) is 0 Å². The predicted molar refractivity (Wildman–Crippen MR) is 107 cm³/mol. The van der Waals surface area contributed by atoms with Crippen molar-refractivity contribution in [1.29, 1.82) is 0 Å². The third-order valence-corrected chi connectivity index (χ3v) is 5.17. The maximum atomic E-state index is 5.26. The summed E-state index contributed by atoms with van der Waals surface area (Å²) >= 11 is 0. The molecule has 27 heavy (non-hydrogen) atoms. The van der Waals surface area contributed by atoms with E-state index in [9.17, 15) is 0 Å². The van der Waals surface area contributed by atoms with Crippen LogP contribution in [0.15, 0.2) is 24.3 Å². The van der Waals surface area contributed by atoms with E-state index >= 15 is 0 Å². The first kappa shape index (κ1) is 19.6. The van der Waals surface area contributed by atoms with Gasteiger partial charge in [-0.25, -0.2) is 4.68 Å². The van der Waals surface area contributed by atoms with Crippen LogP contribution in [-0.2, 0) is 5.54 Å². The number of ether oxygens (including phenoxy) is 1. The lowest BCUT2D eigenvalue weighted by atomic mass is 9.99. The van der Waals surface area contributed by atoms with Crippen LogP contribution in [0.25, 0.3) is 0 Å². The third-order valence-electron chi connectivity index (χ3n) is 5.17. The van der Waals surface area contributed by atoms with Gasteiger partial charge in [-0.15, -0.1) is 5.10 Å². The average Bonchev–Trinajstić information content (AvgIpc) is 3.12. The number of tetrazole rings is 1. The quantitative estimate of drug-likeness (QED) is 0.804. The molecule has 1 atom stereocenters. The molecule has 1 fully saturated rings. The SMILES string of the molecule is COc1ccc(N2CCN([C@H](c3nnnn3C(C)(C)C)C(C)C)CC2)cc1. The van der Waals surface area contributed by atoms with E-state index in [0.29, 0.717) is 5.92 Å². The second-order valence-electron chi connectivity index (χ2n) is 8.53. The first-order valence-electron chi connectivity index (χ1n) is 9.73. The summed E-state index contributed by atoms with van der Waals surface area (Å²) in [6.07, 6.45) is 0. The molecular weight excluding hydrogens is 340 g/mol. The van der Waals surface area contributed by atoms with Crippen LogP contribution in [0.2, 0.25) is 0 Å². The number of hydrogen-bond donors (Lipinski definition) is 0. The molecule has 3 rings (SSSR count). The Labute approximate surface area is 162 Å². The Kier molecular flexibility index (Phi) is 5.69. The Morgan fingerprint density at radius 1 is 1.00 bits per heavy atom. The summed E-state index contributed by atoms with van der Waals surface area (Å²) < 4.78 is 7.24. The molecule has 7 nitrogen and oxygen atoms in total. The van der Waals surface area contributed by atoms with Crippen molar-refractivity contribution in [3.05, 3.63) is 30.1 Å². The lowest BCUT2D eigenvalue weighted by molar-refractivity contribution is 0.128. The van der Waals surface area contributed by atoms with Gasteiger partial charge in [-0.3, -0.25) is 4.90 Å². The highest BCUT2D eigenvalue weighted by atomic mass is 16.5.